The molecule has 0 aromatic heterocycles. The molecule has 0 fully saturated rings. The first-order valence-electron chi connectivity index (χ1n) is 6.51. The molecule has 0 radical (unpaired) electrons. The van der Waals surface area contributed by atoms with E-state index in [0.717, 1.165) is 12.2 Å². The lowest BCUT2D eigenvalue weighted by molar-refractivity contribution is 0.317. The van der Waals surface area contributed by atoms with Gasteiger partial charge in [-0.3, -0.25) is 4.72 Å². The molecule has 0 aliphatic heterocycles. The molecule has 1 aromatic carbocycles. The van der Waals surface area contributed by atoms with Crippen LogP contribution in [0.5, 0.6) is 5.75 Å². The van der Waals surface area contributed by atoms with Crippen molar-refractivity contribution < 1.29 is 13.2 Å². The lowest BCUT2D eigenvalue weighted by atomic mass is 10.3. The van der Waals surface area contributed by atoms with Crippen LogP contribution in [0, 0.1) is 0 Å². The highest BCUT2D eigenvalue weighted by atomic mass is 32.2. The Morgan fingerprint density at radius 3 is 2.47 bits per heavy atom. The minimum atomic E-state index is -3.28. The molecule has 0 atom stereocenters. The third kappa shape index (κ3) is 6.45. The zero-order valence-corrected chi connectivity index (χ0v) is 12.1. The molecule has 1 aromatic rings. The zero-order valence-electron chi connectivity index (χ0n) is 11.3. The van der Waals surface area contributed by atoms with E-state index >= 15 is 0 Å². The third-order valence-electron chi connectivity index (χ3n) is 2.47. The second kappa shape index (κ2) is 8.01. The molecule has 108 valence electrons. The summed E-state index contributed by atoms with van der Waals surface area (Å²) in [6.07, 6.45) is 2.23. The van der Waals surface area contributed by atoms with Crippen molar-refractivity contribution in [3.05, 3.63) is 24.3 Å². The van der Waals surface area contributed by atoms with E-state index in [-0.39, 0.29) is 5.75 Å². The first-order valence-corrected chi connectivity index (χ1v) is 8.16. The van der Waals surface area contributed by atoms with Gasteiger partial charge in [0, 0.05) is 5.69 Å². The Kier molecular flexibility index (Phi) is 6.66. The highest BCUT2D eigenvalue weighted by Crippen LogP contribution is 2.17. The van der Waals surface area contributed by atoms with E-state index in [1.807, 2.05) is 6.92 Å². The van der Waals surface area contributed by atoms with Crippen molar-refractivity contribution in [3.8, 4) is 5.75 Å². The van der Waals surface area contributed by atoms with Crippen molar-refractivity contribution in [2.45, 2.75) is 26.2 Å². The van der Waals surface area contributed by atoms with Crippen LogP contribution in [0.1, 0.15) is 26.2 Å². The largest absolute Gasteiger partial charge is 0.494 e. The summed E-state index contributed by atoms with van der Waals surface area (Å²) in [5.74, 6) is 0.839. The second-order valence-corrected chi connectivity index (χ2v) is 6.13. The van der Waals surface area contributed by atoms with Crippen LogP contribution in [0.25, 0.3) is 0 Å². The number of nitrogens with one attached hydrogen (secondary N) is 1. The summed E-state index contributed by atoms with van der Waals surface area (Å²) in [5.41, 5.74) is 5.89. The normalized spacial score (nSPS) is 11.3. The van der Waals surface area contributed by atoms with Gasteiger partial charge in [0.2, 0.25) is 10.0 Å². The van der Waals surface area contributed by atoms with E-state index in [0.29, 0.717) is 31.7 Å². The minimum Gasteiger partial charge on any atom is -0.494 e. The number of benzene rings is 1. The van der Waals surface area contributed by atoms with Crippen molar-refractivity contribution in [2.75, 3.05) is 23.6 Å². The van der Waals surface area contributed by atoms with E-state index in [1.54, 1.807) is 24.3 Å². The molecule has 1 rings (SSSR count). The smallest absolute Gasteiger partial charge is 0.232 e. The standard InChI is InChI=1S/C13H22N2O3S/c1-2-10-18-13-7-5-12(6-8-13)15-19(16,17)11-4-3-9-14/h5-8,15H,2-4,9-11,14H2,1H3. The van der Waals surface area contributed by atoms with Crippen molar-refractivity contribution in [3.63, 3.8) is 0 Å². The van der Waals surface area contributed by atoms with Gasteiger partial charge >= 0.3 is 0 Å². The topological polar surface area (TPSA) is 81.4 Å². The van der Waals surface area contributed by atoms with Crippen molar-refractivity contribution in [1.82, 2.24) is 0 Å². The SMILES string of the molecule is CCCOc1ccc(NS(=O)(=O)CCCCN)cc1. The van der Waals surface area contributed by atoms with Crippen LogP contribution in [-0.4, -0.2) is 27.3 Å². The van der Waals surface area contributed by atoms with Crippen LogP contribution in [0.2, 0.25) is 0 Å². The summed E-state index contributed by atoms with van der Waals surface area (Å²) in [6.45, 7) is 3.20. The number of sulfonamides is 1. The van der Waals surface area contributed by atoms with Gasteiger partial charge in [-0.15, -0.1) is 0 Å². The van der Waals surface area contributed by atoms with Crippen LogP contribution in [0.15, 0.2) is 24.3 Å². The quantitative estimate of drug-likeness (QED) is 0.680. The molecule has 0 spiro atoms. The summed E-state index contributed by atoms with van der Waals surface area (Å²) < 4.78 is 31.5. The average Bonchev–Trinajstić information content (AvgIpc) is 2.38. The zero-order chi connectivity index (χ0) is 14.1. The molecule has 0 saturated heterocycles. The Morgan fingerprint density at radius 1 is 1.21 bits per heavy atom. The Labute approximate surface area is 115 Å². The lowest BCUT2D eigenvalue weighted by Crippen LogP contribution is -2.17. The summed E-state index contributed by atoms with van der Waals surface area (Å²) in [4.78, 5) is 0. The minimum absolute atomic E-state index is 0.0955. The molecular formula is C13H22N2O3S. The Bertz CT molecular complexity index is 457. The molecule has 19 heavy (non-hydrogen) atoms. The van der Waals surface area contributed by atoms with Gasteiger partial charge in [-0.25, -0.2) is 8.42 Å². The number of ether oxygens (including phenoxy) is 1. The molecule has 5 nitrogen and oxygen atoms in total. The van der Waals surface area contributed by atoms with Gasteiger partial charge in [0.15, 0.2) is 0 Å². The van der Waals surface area contributed by atoms with E-state index in [1.165, 1.54) is 0 Å². The van der Waals surface area contributed by atoms with Gasteiger partial charge in [0.25, 0.3) is 0 Å². The van der Waals surface area contributed by atoms with Crippen molar-refractivity contribution in [1.29, 1.82) is 0 Å². The van der Waals surface area contributed by atoms with E-state index in [4.69, 9.17) is 10.5 Å². The monoisotopic (exact) mass is 286 g/mol. The Morgan fingerprint density at radius 2 is 1.89 bits per heavy atom. The highest BCUT2D eigenvalue weighted by Gasteiger charge is 2.09. The predicted molar refractivity (Wildman–Crippen MR) is 77.9 cm³/mol. The van der Waals surface area contributed by atoms with Gasteiger partial charge in [0.1, 0.15) is 5.75 Å². The molecule has 0 unspecified atom stereocenters. The molecule has 0 amide bonds. The van der Waals surface area contributed by atoms with E-state index in [2.05, 4.69) is 4.72 Å². The maximum Gasteiger partial charge on any atom is 0.232 e. The fourth-order valence-corrected chi connectivity index (χ4v) is 2.69. The van der Waals surface area contributed by atoms with Gasteiger partial charge in [-0.1, -0.05) is 6.92 Å². The number of hydrogen-bond donors (Lipinski definition) is 2. The van der Waals surface area contributed by atoms with Gasteiger partial charge in [-0.05, 0) is 50.1 Å². The average molecular weight is 286 g/mol. The highest BCUT2D eigenvalue weighted by molar-refractivity contribution is 7.92. The van der Waals surface area contributed by atoms with Crippen LogP contribution in [-0.2, 0) is 10.0 Å². The molecule has 3 N–H and O–H groups in total. The van der Waals surface area contributed by atoms with Gasteiger partial charge < -0.3 is 10.5 Å². The molecule has 0 aliphatic carbocycles. The molecule has 6 heteroatoms. The number of nitrogens with two attached hydrogens (primary N) is 1. The molecular weight excluding hydrogens is 264 g/mol. The Hall–Kier alpha value is -1.27. The Balaban J connectivity index is 2.52. The molecule has 0 heterocycles. The maximum atomic E-state index is 11.7. The fraction of sp³-hybridized carbons (Fsp3) is 0.538. The predicted octanol–water partition coefficient (Wildman–Crippen LogP) is 1.96. The summed E-state index contributed by atoms with van der Waals surface area (Å²) in [7, 11) is -3.28. The summed E-state index contributed by atoms with van der Waals surface area (Å²) >= 11 is 0. The number of unbranched alkanes of at least 4 members (excludes halogenated alkanes) is 1. The fourth-order valence-electron chi connectivity index (χ4n) is 1.51. The number of rotatable bonds is 9. The third-order valence-corrected chi connectivity index (χ3v) is 3.84. The van der Waals surface area contributed by atoms with Crippen molar-refractivity contribution >= 4 is 15.7 Å². The van der Waals surface area contributed by atoms with Crippen LogP contribution < -0.4 is 15.2 Å². The van der Waals surface area contributed by atoms with Crippen LogP contribution in [0.3, 0.4) is 0 Å². The lowest BCUT2D eigenvalue weighted by Gasteiger charge is -2.09. The van der Waals surface area contributed by atoms with Gasteiger partial charge in [-0.2, -0.15) is 0 Å². The first kappa shape index (κ1) is 15.8. The van der Waals surface area contributed by atoms with Crippen LogP contribution >= 0.6 is 0 Å². The first-order chi connectivity index (χ1) is 9.07. The molecule has 0 aliphatic rings. The number of anilines is 1. The maximum absolute atomic E-state index is 11.7. The molecule has 0 bridgehead atoms. The van der Waals surface area contributed by atoms with Crippen molar-refractivity contribution in [2.24, 2.45) is 5.73 Å². The second-order valence-electron chi connectivity index (χ2n) is 4.29. The summed E-state index contributed by atoms with van der Waals surface area (Å²) in [6, 6.07) is 6.91. The number of hydrogen-bond acceptors (Lipinski definition) is 4. The van der Waals surface area contributed by atoms with E-state index in [9.17, 15) is 8.42 Å². The van der Waals surface area contributed by atoms with Crippen LogP contribution in [0.4, 0.5) is 5.69 Å². The van der Waals surface area contributed by atoms with Gasteiger partial charge in [0.05, 0.1) is 12.4 Å². The molecule has 0 saturated carbocycles. The van der Waals surface area contributed by atoms with E-state index < -0.39 is 10.0 Å². The summed E-state index contributed by atoms with van der Waals surface area (Å²) in [5, 5.41) is 0.